The Hall–Kier alpha value is -3.15. The molecule has 1 aliphatic heterocycles. The van der Waals surface area contributed by atoms with Crippen LogP contribution in [0.25, 0.3) is 10.9 Å². The molecule has 0 bridgehead atoms. The molecule has 4 rings (SSSR count). The Morgan fingerprint density at radius 3 is 2.66 bits per heavy atom. The molecule has 3 aromatic rings. The van der Waals surface area contributed by atoms with Crippen LogP contribution in [0, 0.1) is 0 Å². The Kier molecular flexibility index (Phi) is 5.34. The summed E-state index contributed by atoms with van der Waals surface area (Å²) in [6.45, 7) is 0.619. The van der Waals surface area contributed by atoms with E-state index in [1.54, 1.807) is 14.2 Å². The zero-order valence-corrected chi connectivity index (χ0v) is 17.0. The first kappa shape index (κ1) is 19.2. The molecule has 0 radical (unpaired) electrons. The Morgan fingerprint density at radius 2 is 1.90 bits per heavy atom. The van der Waals surface area contributed by atoms with Gasteiger partial charge in [0.15, 0.2) is 11.5 Å². The summed E-state index contributed by atoms with van der Waals surface area (Å²) in [5.74, 6) is 1.39. The van der Waals surface area contributed by atoms with Crippen molar-refractivity contribution < 1.29 is 19.0 Å². The van der Waals surface area contributed by atoms with Crippen molar-refractivity contribution >= 4 is 17.0 Å². The number of ether oxygens (including phenoxy) is 3. The maximum Gasteiger partial charge on any atom is 0.410 e. The van der Waals surface area contributed by atoms with Gasteiger partial charge in [-0.25, -0.2) is 4.79 Å². The summed E-state index contributed by atoms with van der Waals surface area (Å²) in [4.78, 5) is 17.6. The number of aryl methyl sites for hydroxylation is 1. The number of aromatic amines is 1. The number of aromatic nitrogens is 1. The number of fused-ring (bicyclic) bond motifs is 2. The van der Waals surface area contributed by atoms with Crippen LogP contribution in [0.2, 0.25) is 0 Å². The van der Waals surface area contributed by atoms with Gasteiger partial charge in [-0.2, -0.15) is 0 Å². The highest BCUT2D eigenvalue weighted by Crippen LogP contribution is 2.40. The summed E-state index contributed by atoms with van der Waals surface area (Å²) in [7, 11) is 4.71. The molecule has 0 saturated heterocycles. The number of nitrogens with one attached hydrogen (secondary N) is 1. The molecule has 0 saturated carbocycles. The van der Waals surface area contributed by atoms with Crippen molar-refractivity contribution in [1.82, 2.24) is 9.88 Å². The summed E-state index contributed by atoms with van der Waals surface area (Å²) in [6.07, 6.45) is 4.16. The van der Waals surface area contributed by atoms with Crippen molar-refractivity contribution in [2.45, 2.75) is 25.3 Å². The molecule has 1 amide bonds. The average molecular weight is 394 g/mol. The maximum absolute atomic E-state index is 12.5. The van der Waals surface area contributed by atoms with Crippen LogP contribution >= 0.6 is 0 Å². The fourth-order valence-corrected chi connectivity index (χ4v) is 4.31. The molecular weight excluding hydrogens is 368 g/mol. The Balaban J connectivity index is 1.68. The first-order chi connectivity index (χ1) is 14.2. The number of hydrogen-bond donors (Lipinski definition) is 1. The van der Waals surface area contributed by atoms with E-state index >= 15 is 0 Å². The van der Waals surface area contributed by atoms with Crippen LogP contribution in [-0.2, 0) is 17.6 Å². The molecule has 29 heavy (non-hydrogen) atoms. The van der Waals surface area contributed by atoms with Crippen molar-refractivity contribution in [1.29, 1.82) is 0 Å². The summed E-state index contributed by atoms with van der Waals surface area (Å²) in [5.41, 5.74) is 4.66. The van der Waals surface area contributed by atoms with Gasteiger partial charge >= 0.3 is 6.09 Å². The lowest BCUT2D eigenvalue weighted by atomic mass is 9.88. The lowest BCUT2D eigenvalue weighted by Gasteiger charge is -2.37. The van der Waals surface area contributed by atoms with E-state index in [0.717, 1.165) is 30.3 Å². The smallest absolute Gasteiger partial charge is 0.410 e. The molecule has 1 N–H and O–H groups in total. The molecule has 1 aromatic heterocycles. The Labute approximate surface area is 170 Å². The second-order valence-electron chi connectivity index (χ2n) is 7.23. The van der Waals surface area contributed by atoms with Crippen molar-refractivity contribution in [3.63, 3.8) is 0 Å². The highest BCUT2D eigenvalue weighted by Gasteiger charge is 2.32. The minimum Gasteiger partial charge on any atom is -0.493 e. The third-order valence-electron chi connectivity index (χ3n) is 5.77. The van der Waals surface area contributed by atoms with Crippen molar-refractivity contribution in [3.8, 4) is 11.5 Å². The van der Waals surface area contributed by atoms with E-state index in [1.165, 1.54) is 23.6 Å². The standard InChI is InChI=1S/C23H26N2O4/c1-27-21-12-15-10-11-25(23(26)29-3)20(18(15)13-22(21)28-2)9-8-16-14-24-19-7-5-4-6-17(16)19/h4-7,12-14,20,24H,8-11H2,1-3H3/t20-/m1/s1. The van der Waals surface area contributed by atoms with E-state index in [2.05, 4.69) is 23.3 Å². The number of rotatable bonds is 5. The van der Waals surface area contributed by atoms with E-state index in [-0.39, 0.29) is 12.1 Å². The fraction of sp³-hybridized carbons (Fsp3) is 0.348. The topological polar surface area (TPSA) is 63.8 Å². The van der Waals surface area contributed by atoms with Gasteiger partial charge in [-0.15, -0.1) is 0 Å². The number of para-hydroxylation sites is 1. The molecule has 0 unspecified atom stereocenters. The van der Waals surface area contributed by atoms with Gasteiger partial charge in [-0.1, -0.05) is 18.2 Å². The monoisotopic (exact) mass is 394 g/mol. The lowest BCUT2D eigenvalue weighted by molar-refractivity contribution is 0.0982. The van der Waals surface area contributed by atoms with Crippen LogP contribution in [0.3, 0.4) is 0 Å². The third kappa shape index (κ3) is 3.50. The van der Waals surface area contributed by atoms with Gasteiger partial charge in [-0.05, 0) is 54.2 Å². The maximum atomic E-state index is 12.5. The molecule has 2 heterocycles. The zero-order chi connectivity index (χ0) is 20.4. The highest BCUT2D eigenvalue weighted by molar-refractivity contribution is 5.83. The van der Waals surface area contributed by atoms with E-state index < -0.39 is 0 Å². The largest absolute Gasteiger partial charge is 0.493 e. The molecule has 0 aliphatic carbocycles. The second kappa shape index (κ2) is 8.07. The first-order valence-electron chi connectivity index (χ1n) is 9.80. The summed E-state index contributed by atoms with van der Waals surface area (Å²) < 4.78 is 16.1. The van der Waals surface area contributed by atoms with Crippen LogP contribution in [0.1, 0.15) is 29.2 Å². The first-order valence-corrected chi connectivity index (χ1v) is 9.80. The number of amides is 1. The third-order valence-corrected chi connectivity index (χ3v) is 5.77. The highest BCUT2D eigenvalue weighted by atomic mass is 16.5. The lowest BCUT2D eigenvalue weighted by Crippen LogP contribution is -2.40. The summed E-state index contributed by atoms with van der Waals surface area (Å²) in [6, 6.07) is 12.2. The molecule has 0 spiro atoms. The number of carbonyl (C=O) groups is 1. The van der Waals surface area contributed by atoms with Crippen LogP contribution < -0.4 is 9.47 Å². The van der Waals surface area contributed by atoms with Gasteiger partial charge in [0.05, 0.1) is 27.4 Å². The molecule has 6 nitrogen and oxygen atoms in total. The van der Waals surface area contributed by atoms with Gasteiger partial charge in [-0.3, -0.25) is 0 Å². The fourth-order valence-electron chi connectivity index (χ4n) is 4.31. The van der Waals surface area contributed by atoms with Gasteiger partial charge in [0, 0.05) is 23.6 Å². The molecule has 0 fully saturated rings. The minimum atomic E-state index is -0.297. The van der Waals surface area contributed by atoms with Crippen molar-refractivity contribution in [2.24, 2.45) is 0 Å². The molecule has 1 aliphatic rings. The Bertz CT molecular complexity index is 1030. The van der Waals surface area contributed by atoms with E-state index in [9.17, 15) is 4.79 Å². The van der Waals surface area contributed by atoms with Crippen LogP contribution in [0.4, 0.5) is 4.79 Å². The Morgan fingerprint density at radius 1 is 1.14 bits per heavy atom. The van der Waals surface area contributed by atoms with E-state index in [1.807, 2.05) is 29.2 Å². The van der Waals surface area contributed by atoms with Gasteiger partial charge in [0.25, 0.3) is 0 Å². The number of benzene rings is 2. The van der Waals surface area contributed by atoms with Gasteiger partial charge in [0.1, 0.15) is 0 Å². The molecule has 2 aromatic carbocycles. The average Bonchev–Trinajstić information content (AvgIpc) is 3.18. The predicted octanol–water partition coefficient (Wildman–Crippen LogP) is 4.48. The van der Waals surface area contributed by atoms with Gasteiger partial charge in [0.2, 0.25) is 0 Å². The van der Waals surface area contributed by atoms with Crippen molar-refractivity contribution in [3.05, 3.63) is 59.3 Å². The molecule has 1 atom stereocenters. The zero-order valence-electron chi connectivity index (χ0n) is 17.0. The number of methoxy groups -OCH3 is 3. The van der Waals surface area contributed by atoms with Crippen LogP contribution in [-0.4, -0.2) is 43.9 Å². The second-order valence-corrected chi connectivity index (χ2v) is 7.23. The summed E-state index contributed by atoms with van der Waals surface area (Å²) in [5, 5.41) is 1.22. The van der Waals surface area contributed by atoms with Gasteiger partial charge < -0.3 is 24.1 Å². The van der Waals surface area contributed by atoms with Crippen molar-refractivity contribution in [2.75, 3.05) is 27.9 Å². The number of H-pyrrole nitrogens is 1. The van der Waals surface area contributed by atoms with E-state index in [4.69, 9.17) is 14.2 Å². The minimum absolute atomic E-state index is 0.0836. The molecular formula is C23H26N2O4. The number of hydrogen-bond acceptors (Lipinski definition) is 4. The van der Waals surface area contributed by atoms with Crippen LogP contribution in [0.15, 0.2) is 42.6 Å². The quantitative estimate of drug-likeness (QED) is 0.693. The van der Waals surface area contributed by atoms with Crippen LogP contribution in [0.5, 0.6) is 11.5 Å². The van der Waals surface area contributed by atoms with E-state index in [0.29, 0.717) is 18.0 Å². The molecule has 152 valence electrons. The predicted molar refractivity (Wildman–Crippen MR) is 112 cm³/mol. The normalized spacial score (nSPS) is 15.8. The number of carbonyl (C=O) groups excluding carboxylic acids is 1. The molecule has 6 heteroatoms. The number of nitrogens with zero attached hydrogens (tertiary/aromatic N) is 1. The summed E-state index contributed by atoms with van der Waals surface area (Å²) >= 11 is 0. The SMILES string of the molecule is COC(=O)N1CCc2cc(OC)c(OC)cc2[C@H]1CCc1c[nH]c2ccccc12.